The van der Waals surface area contributed by atoms with E-state index in [0.29, 0.717) is 5.92 Å². The topological polar surface area (TPSA) is 50.4 Å². The third-order valence-electron chi connectivity index (χ3n) is 3.58. The highest BCUT2D eigenvalue weighted by molar-refractivity contribution is 5.85. The smallest absolute Gasteiger partial charge is 0.258 e. The minimum Gasteiger partial charge on any atom is -0.484 e. The summed E-state index contributed by atoms with van der Waals surface area (Å²) in [5, 5.41) is 6.27. The van der Waals surface area contributed by atoms with E-state index in [4.69, 9.17) is 4.74 Å². The SMILES string of the molecule is CC(C)c1ccc(OCC(=O)N[C@H]2CCCNC2)cc1.Cl. The number of rotatable bonds is 5. The van der Waals surface area contributed by atoms with Gasteiger partial charge in [0.25, 0.3) is 5.91 Å². The van der Waals surface area contributed by atoms with Crippen molar-refractivity contribution in [3.8, 4) is 5.75 Å². The first-order valence-electron chi connectivity index (χ1n) is 7.38. The van der Waals surface area contributed by atoms with Crippen LogP contribution in [0.3, 0.4) is 0 Å². The minimum absolute atomic E-state index is 0. The van der Waals surface area contributed by atoms with Crippen molar-refractivity contribution in [3.05, 3.63) is 29.8 Å². The van der Waals surface area contributed by atoms with Crippen LogP contribution in [0.4, 0.5) is 0 Å². The fraction of sp³-hybridized carbons (Fsp3) is 0.562. The number of hydrogen-bond acceptors (Lipinski definition) is 3. The van der Waals surface area contributed by atoms with Gasteiger partial charge in [0.15, 0.2) is 6.61 Å². The van der Waals surface area contributed by atoms with Crippen LogP contribution in [-0.2, 0) is 4.79 Å². The lowest BCUT2D eigenvalue weighted by Crippen LogP contribution is -2.46. The molecule has 1 saturated heterocycles. The normalized spacial score (nSPS) is 18.0. The zero-order valence-corrected chi connectivity index (χ0v) is 13.5. The molecule has 1 amide bonds. The highest BCUT2D eigenvalue weighted by atomic mass is 35.5. The van der Waals surface area contributed by atoms with Crippen molar-refractivity contribution < 1.29 is 9.53 Å². The molecule has 1 aromatic rings. The summed E-state index contributed by atoms with van der Waals surface area (Å²) in [6.45, 7) is 6.29. The van der Waals surface area contributed by atoms with Crippen LogP contribution in [0.2, 0.25) is 0 Å². The molecule has 2 N–H and O–H groups in total. The number of nitrogens with one attached hydrogen (secondary N) is 2. The Hall–Kier alpha value is -1.26. The summed E-state index contributed by atoms with van der Waals surface area (Å²) in [6, 6.07) is 8.17. The molecule has 2 rings (SSSR count). The van der Waals surface area contributed by atoms with Gasteiger partial charge in [-0.25, -0.2) is 0 Å². The maximum Gasteiger partial charge on any atom is 0.258 e. The second-order valence-corrected chi connectivity index (χ2v) is 5.62. The van der Waals surface area contributed by atoms with Crippen molar-refractivity contribution in [2.75, 3.05) is 19.7 Å². The molecular formula is C16H25ClN2O2. The minimum atomic E-state index is -0.0494. The number of carbonyl (C=O) groups excluding carboxylic acids is 1. The van der Waals surface area contributed by atoms with Gasteiger partial charge in [0.2, 0.25) is 0 Å². The molecule has 21 heavy (non-hydrogen) atoms. The van der Waals surface area contributed by atoms with Crippen molar-refractivity contribution in [1.29, 1.82) is 0 Å². The van der Waals surface area contributed by atoms with E-state index in [1.807, 2.05) is 24.3 Å². The molecule has 0 spiro atoms. The fourth-order valence-electron chi connectivity index (χ4n) is 2.34. The third kappa shape index (κ3) is 5.94. The van der Waals surface area contributed by atoms with Crippen LogP contribution in [0.15, 0.2) is 24.3 Å². The second-order valence-electron chi connectivity index (χ2n) is 5.62. The van der Waals surface area contributed by atoms with Gasteiger partial charge in [0.05, 0.1) is 0 Å². The summed E-state index contributed by atoms with van der Waals surface area (Å²) in [7, 11) is 0. The number of amides is 1. The maximum absolute atomic E-state index is 11.8. The summed E-state index contributed by atoms with van der Waals surface area (Å²) < 4.78 is 5.51. The molecule has 0 unspecified atom stereocenters. The number of carbonyl (C=O) groups is 1. The molecule has 1 aromatic carbocycles. The van der Waals surface area contributed by atoms with Crippen LogP contribution in [-0.4, -0.2) is 31.6 Å². The molecular weight excluding hydrogens is 288 g/mol. The number of hydrogen-bond donors (Lipinski definition) is 2. The summed E-state index contributed by atoms with van der Waals surface area (Å²) in [5.41, 5.74) is 1.27. The lowest BCUT2D eigenvalue weighted by Gasteiger charge is -2.23. The molecule has 0 radical (unpaired) electrons. The maximum atomic E-state index is 11.8. The van der Waals surface area contributed by atoms with E-state index in [2.05, 4.69) is 24.5 Å². The summed E-state index contributed by atoms with van der Waals surface area (Å²) in [4.78, 5) is 11.8. The standard InChI is InChI=1S/C16H24N2O2.ClH/c1-12(2)13-5-7-15(8-6-13)20-11-16(19)18-14-4-3-9-17-10-14;/h5-8,12,14,17H,3-4,9-11H2,1-2H3,(H,18,19);1H/t14-;/m0./s1. The monoisotopic (exact) mass is 312 g/mol. The van der Waals surface area contributed by atoms with E-state index < -0.39 is 0 Å². The summed E-state index contributed by atoms with van der Waals surface area (Å²) in [5.74, 6) is 1.20. The Morgan fingerprint density at radius 3 is 2.67 bits per heavy atom. The van der Waals surface area contributed by atoms with Gasteiger partial charge in [0, 0.05) is 12.6 Å². The molecule has 1 heterocycles. The van der Waals surface area contributed by atoms with E-state index in [0.717, 1.165) is 31.7 Å². The van der Waals surface area contributed by atoms with Crippen LogP contribution in [0, 0.1) is 0 Å². The molecule has 1 aliphatic rings. The van der Waals surface area contributed by atoms with Crippen LogP contribution in [0.1, 0.15) is 38.2 Å². The van der Waals surface area contributed by atoms with Gasteiger partial charge >= 0.3 is 0 Å². The van der Waals surface area contributed by atoms with E-state index in [-0.39, 0.29) is 31.0 Å². The first-order chi connectivity index (χ1) is 9.65. The van der Waals surface area contributed by atoms with Gasteiger partial charge in [-0.3, -0.25) is 4.79 Å². The Morgan fingerprint density at radius 2 is 2.10 bits per heavy atom. The Balaban J connectivity index is 0.00000220. The number of piperidine rings is 1. The fourth-order valence-corrected chi connectivity index (χ4v) is 2.34. The zero-order chi connectivity index (χ0) is 14.4. The molecule has 0 aliphatic carbocycles. The average Bonchev–Trinajstić information content (AvgIpc) is 2.46. The van der Waals surface area contributed by atoms with Crippen molar-refractivity contribution in [2.45, 2.75) is 38.6 Å². The Morgan fingerprint density at radius 1 is 1.38 bits per heavy atom. The predicted octanol–water partition coefficient (Wildman–Crippen LogP) is 2.48. The largest absolute Gasteiger partial charge is 0.484 e. The van der Waals surface area contributed by atoms with E-state index in [1.54, 1.807) is 0 Å². The molecule has 4 nitrogen and oxygen atoms in total. The Bertz CT molecular complexity index is 428. The van der Waals surface area contributed by atoms with Gasteiger partial charge in [0.1, 0.15) is 5.75 Å². The van der Waals surface area contributed by atoms with Crippen molar-refractivity contribution in [3.63, 3.8) is 0 Å². The Kier molecular flexibility index (Phi) is 7.54. The van der Waals surface area contributed by atoms with Crippen molar-refractivity contribution in [2.24, 2.45) is 0 Å². The van der Waals surface area contributed by atoms with E-state index in [1.165, 1.54) is 5.56 Å². The van der Waals surface area contributed by atoms with Crippen LogP contribution < -0.4 is 15.4 Å². The molecule has 1 aliphatic heterocycles. The van der Waals surface area contributed by atoms with E-state index in [9.17, 15) is 4.79 Å². The lowest BCUT2D eigenvalue weighted by atomic mass is 10.0. The Labute approximate surface area is 133 Å². The first-order valence-corrected chi connectivity index (χ1v) is 7.38. The van der Waals surface area contributed by atoms with Gasteiger partial charge in [-0.05, 0) is 43.0 Å². The predicted molar refractivity (Wildman–Crippen MR) is 87.3 cm³/mol. The van der Waals surface area contributed by atoms with Gasteiger partial charge in [-0.1, -0.05) is 26.0 Å². The second kappa shape index (κ2) is 8.90. The molecule has 0 aromatic heterocycles. The number of ether oxygens (including phenoxy) is 1. The summed E-state index contributed by atoms with van der Waals surface area (Å²) in [6.07, 6.45) is 2.16. The molecule has 1 atom stereocenters. The quantitative estimate of drug-likeness (QED) is 0.878. The molecule has 118 valence electrons. The van der Waals surface area contributed by atoms with Gasteiger partial charge in [-0.2, -0.15) is 0 Å². The first kappa shape index (κ1) is 17.8. The van der Waals surface area contributed by atoms with Crippen LogP contribution in [0.5, 0.6) is 5.75 Å². The molecule has 1 fully saturated rings. The lowest BCUT2D eigenvalue weighted by molar-refractivity contribution is -0.123. The molecule has 5 heteroatoms. The highest BCUT2D eigenvalue weighted by Gasteiger charge is 2.15. The van der Waals surface area contributed by atoms with Gasteiger partial charge < -0.3 is 15.4 Å². The van der Waals surface area contributed by atoms with E-state index >= 15 is 0 Å². The molecule has 0 saturated carbocycles. The van der Waals surface area contributed by atoms with Crippen molar-refractivity contribution >= 4 is 18.3 Å². The highest BCUT2D eigenvalue weighted by Crippen LogP contribution is 2.18. The van der Waals surface area contributed by atoms with Crippen molar-refractivity contribution in [1.82, 2.24) is 10.6 Å². The number of benzene rings is 1. The zero-order valence-electron chi connectivity index (χ0n) is 12.7. The number of halogens is 1. The van der Waals surface area contributed by atoms with Crippen LogP contribution >= 0.6 is 12.4 Å². The third-order valence-corrected chi connectivity index (χ3v) is 3.58. The van der Waals surface area contributed by atoms with Gasteiger partial charge in [-0.15, -0.1) is 12.4 Å². The van der Waals surface area contributed by atoms with Crippen LogP contribution in [0.25, 0.3) is 0 Å². The molecule has 0 bridgehead atoms. The average molecular weight is 313 g/mol. The summed E-state index contributed by atoms with van der Waals surface area (Å²) >= 11 is 0.